The van der Waals surface area contributed by atoms with Gasteiger partial charge in [-0.05, 0) is 0 Å². The Morgan fingerprint density at radius 1 is 1.33 bits per heavy atom. The highest BCUT2D eigenvalue weighted by Gasteiger charge is 2.04. The van der Waals surface area contributed by atoms with Crippen LogP contribution in [0.25, 0.3) is 0 Å². The zero-order valence-corrected chi connectivity index (χ0v) is 8.19. The van der Waals surface area contributed by atoms with Crippen molar-refractivity contribution in [3.05, 3.63) is 12.7 Å². The molecule has 0 heterocycles. The first-order valence-electron chi connectivity index (χ1n) is 4.34. The van der Waals surface area contributed by atoms with Gasteiger partial charge in [-0.3, -0.25) is 9.59 Å². The van der Waals surface area contributed by atoms with Crippen molar-refractivity contribution in [2.45, 2.75) is 12.8 Å². The molecule has 0 rings (SSSR count). The van der Waals surface area contributed by atoms with Crippen molar-refractivity contribution in [3.63, 3.8) is 0 Å². The van der Waals surface area contributed by atoms with Crippen LogP contribution < -0.4 is 5.32 Å². The van der Waals surface area contributed by atoms with Gasteiger partial charge in [0.1, 0.15) is 6.61 Å². The molecule has 0 aromatic heterocycles. The molecule has 0 unspecified atom stereocenters. The van der Waals surface area contributed by atoms with E-state index in [1.54, 1.807) is 0 Å². The molecule has 0 bridgehead atoms. The van der Waals surface area contributed by atoms with E-state index < -0.39 is 11.9 Å². The van der Waals surface area contributed by atoms with Gasteiger partial charge in [-0.25, -0.2) is 4.79 Å². The molecule has 6 nitrogen and oxygen atoms in total. The van der Waals surface area contributed by atoms with Crippen LogP contribution in [0.2, 0.25) is 0 Å². The topological polar surface area (TPSA) is 92.7 Å². The third-order valence-electron chi connectivity index (χ3n) is 1.40. The van der Waals surface area contributed by atoms with E-state index in [4.69, 9.17) is 5.11 Å². The predicted octanol–water partition coefficient (Wildman–Crippen LogP) is -0.303. The normalized spacial score (nSPS) is 9.07. The molecular weight excluding hydrogens is 202 g/mol. The number of ether oxygens (including phenoxy) is 1. The molecule has 0 aromatic carbocycles. The number of carbonyl (C=O) groups excluding carboxylic acids is 2. The monoisotopic (exact) mass is 215 g/mol. The lowest BCUT2D eigenvalue weighted by Gasteiger charge is -2.04. The zero-order chi connectivity index (χ0) is 11.7. The van der Waals surface area contributed by atoms with Crippen LogP contribution >= 0.6 is 0 Å². The van der Waals surface area contributed by atoms with Gasteiger partial charge < -0.3 is 15.2 Å². The average Bonchev–Trinajstić information content (AvgIpc) is 2.21. The molecule has 0 fully saturated rings. The van der Waals surface area contributed by atoms with Crippen molar-refractivity contribution in [1.29, 1.82) is 0 Å². The standard InChI is InChI=1S/C9H13NO5/c1-2-9(14)15-6-5-10-7(11)3-4-8(12)13/h2H,1,3-6H2,(H,10,11)(H,12,13). The number of esters is 1. The minimum atomic E-state index is -1.02. The Bertz CT molecular complexity index is 261. The smallest absolute Gasteiger partial charge is 0.330 e. The van der Waals surface area contributed by atoms with E-state index in [-0.39, 0.29) is 31.9 Å². The summed E-state index contributed by atoms with van der Waals surface area (Å²) in [6.07, 6.45) is 0.731. The molecule has 6 heteroatoms. The maximum absolute atomic E-state index is 10.9. The van der Waals surface area contributed by atoms with Crippen LogP contribution in [0.1, 0.15) is 12.8 Å². The molecule has 0 aromatic rings. The van der Waals surface area contributed by atoms with Crippen LogP contribution in [0.5, 0.6) is 0 Å². The van der Waals surface area contributed by atoms with E-state index in [9.17, 15) is 14.4 Å². The van der Waals surface area contributed by atoms with Crippen molar-refractivity contribution in [3.8, 4) is 0 Å². The summed E-state index contributed by atoms with van der Waals surface area (Å²) >= 11 is 0. The lowest BCUT2D eigenvalue weighted by Crippen LogP contribution is -2.28. The molecule has 15 heavy (non-hydrogen) atoms. The summed E-state index contributed by atoms with van der Waals surface area (Å²) in [4.78, 5) is 31.6. The Kier molecular flexibility index (Phi) is 6.61. The minimum absolute atomic E-state index is 0.0453. The quantitative estimate of drug-likeness (QED) is 0.345. The van der Waals surface area contributed by atoms with Crippen molar-refractivity contribution in [1.82, 2.24) is 5.32 Å². The molecule has 0 aliphatic rings. The maximum atomic E-state index is 10.9. The third kappa shape index (κ3) is 8.48. The minimum Gasteiger partial charge on any atom is -0.481 e. The second-order valence-electron chi connectivity index (χ2n) is 2.62. The number of carbonyl (C=O) groups is 3. The van der Waals surface area contributed by atoms with E-state index in [0.717, 1.165) is 6.08 Å². The van der Waals surface area contributed by atoms with Crippen molar-refractivity contribution < 1.29 is 24.2 Å². The van der Waals surface area contributed by atoms with Gasteiger partial charge in [-0.15, -0.1) is 0 Å². The lowest BCUT2D eigenvalue weighted by molar-refractivity contribution is -0.138. The molecule has 0 atom stereocenters. The van der Waals surface area contributed by atoms with Crippen molar-refractivity contribution in [2.75, 3.05) is 13.2 Å². The van der Waals surface area contributed by atoms with E-state index in [0.29, 0.717) is 0 Å². The van der Waals surface area contributed by atoms with Gasteiger partial charge in [-0.2, -0.15) is 0 Å². The van der Waals surface area contributed by atoms with Crippen LogP contribution in [0.3, 0.4) is 0 Å². The lowest BCUT2D eigenvalue weighted by atomic mass is 10.3. The molecule has 0 spiro atoms. The average molecular weight is 215 g/mol. The largest absolute Gasteiger partial charge is 0.481 e. The maximum Gasteiger partial charge on any atom is 0.330 e. The number of carboxylic acids is 1. The second kappa shape index (κ2) is 7.54. The molecule has 1 amide bonds. The summed E-state index contributed by atoms with van der Waals surface area (Å²) < 4.78 is 4.58. The first-order valence-corrected chi connectivity index (χ1v) is 4.34. The Morgan fingerprint density at radius 3 is 2.53 bits per heavy atom. The van der Waals surface area contributed by atoms with Crippen LogP contribution in [0.4, 0.5) is 0 Å². The fourth-order valence-corrected chi connectivity index (χ4v) is 0.710. The summed E-state index contributed by atoms with van der Waals surface area (Å²) in [5, 5.41) is 10.7. The summed E-state index contributed by atoms with van der Waals surface area (Å²) in [6, 6.07) is 0. The summed E-state index contributed by atoms with van der Waals surface area (Å²) in [5.74, 6) is -1.97. The molecule has 0 aliphatic heterocycles. The predicted molar refractivity (Wildman–Crippen MR) is 51.0 cm³/mol. The molecule has 0 saturated heterocycles. The highest BCUT2D eigenvalue weighted by Crippen LogP contribution is 1.88. The Labute approximate surface area is 86.9 Å². The molecular formula is C9H13NO5. The number of rotatable bonds is 7. The van der Waals surface area contributed by atoms with Gasteiger partial charge in [0.2, 0.25) is 5.91 Å². The molecule has 84 valence electrons. The molecule has 0 saturated carbocycles. The number of aliphatic carboxylic acids is 1. The van der Waals surface area contributed by atoms with Crippen LogP contribution in [-0.2, 0) is 19.1 Å². The van der Waals surface area contributed by atoms with Gasteiger partial charge >= 0.3 is 11.9 Å². The van der Waals surface area contributed by atoms with Crippen LogP contribution in [0.15, 0.2) is 12.7 Å². The number of hydrogen-bond acceptors (Lipinski definition) is 4. The Hall–Kier alpha value is -1.85. The number of carboxylic acid groups (broad SMARTS) is 1. The fraction of sp³-hybridized carbons (Fsp3) is 0.444. The van der Waals surface area contributed by atoms with E-state index in [1.807, 2.05) is 0 Å². The van der Waals surface area contributed by atoms with Crippen LogP contribution in [-0.4, -0.2) is 36.1 Å². The summed E-state index contributed by atoms with van der Waals surface area (Å²) in [5.41, 5.74) is 0. The van der Waals surface area contributed by atoms with Gasteiger partial charge in [0, 0.05) is 12.5 Å². The first kappa shape index (κ1) is 13.2. The van der Waals surface area contributed by atoms with Crippen molar-refractivity contribution in [2.24, 2.45) is 0 Å². The number of hydrogen-bond donors (Lipinski definition) is 2. The highest BCUT2D eigenvalue weighted by molar-refractivity contribution is 5.81. The second-order valence-corrected chi connectivity index (χ2v) is 2.62. The molecule has 0 radical (unpaired) electrons. The Balaban J connectivity index is 3.43. The van der Waals surface area contributed by atoms with E-state index >= 15 is 0 Å². The van der Waals surface area contributed by atoms with Crippen molar-refractivity contribution >= 4 is 17.8 Å². The summed E-state index contributed by atoms with van der Waals surface area (Å²) in [6.45, 7) is 3.41. The van der Waals surface area contributed by atoms with E-state index in [2.05, 4.69) is 16.6 Å². The summed E-state index contributed by atoms with van der Waals surface area (Å²) in [7, 11) is 0. The SMILES string of the molecule is C=CC(=O)OCCNC(=O)CCC(=O)O. The van der Waals surface area contributed by atoms with Gasteiger partial charge in [0.15, 0.2) is 0 Å². The molecule has 0 aliphatic carbocycles. The highest BCUT2D eigenvalue weighted by atomic mass is 16.5. The van der Waals surface area contributed by atoms with Gasteiger partial charge in [-0.1, -0.05) is 6.58 Å². The molecule has 2 N–H and O–H groups in total. The zero-order valence-electron chi connectivity index (χ0n) is 8.19. The van der Waals surface area contributed by atoms with Gasteiger partial charge in [0.05, 0.1) is 13.0 Å². The first-order chi connectivity index (χ1) is 7.06. The number of amides is 1. The fourth-order valence-electron chi connectivity index (χ4n) is 0.710. The Morgan fingerprint density at radius 2 is 2.00 bits per heavy atom. The third-order valence-corrected chi connectivity index (χ3v) is 1.40. The van der Waals surface area contributed by atoms with Gasteiger partial charge in [0.25, 0.3) is 0 Å². The van der Waals surface area contributed by atoms with E-state index in [1.165, 1.54) is 0 Å². The van der Waals surface area contributed by atoms with Crippen LogP contribution in [0, 0.1) is 0 Å². The number of nitrogens with one attached hydrogen (secondary N) is 1.